The maximum Gasteiger partial charge on any atom is 0.335 e. The predicted octanol–water partition coefficient (Wildman–Crippen LogP) is 2.82. The largest absolute Gasteiger partial charge is 0.478 e. The van der Waals surface area contributed by atoms with Crippen molar-refractivity contribution in [2.24, 2.45) is 0 Å². The quantitative estimate of drug-likeness (QED) is 0.449. The third-order valence-electron chi connectivity index (χ3n) is 4.46. The molecule has 9 nitrogen and oxygen atoms in total. The first kappa shape index (κ1) is 21.7. The van der Waals surface area contributed by atoms with Gasteiger partial charge >= 0.3 is 5.97 Å². The van der Waals surface area contributed by atoms with E-state index >= 15 is 0 Å². The second-order valence-electron chi connectivity index (χ2n) is 6.48. The Hall–Kier alpha value is -3.59. The zero-order valence-electron chi connectivity index (χ0n) is 15.8. The number of non-ortho nitro benzene ring substituents is 1. The Labute approximate surface area is 167 Å². The molecule has 0 radical (unpaired) electrons. The summed E-state index contributed by atoms with van der Waals surface area (Å²) in [6, 6.07) is 11.5. The van der Waals surface area contributed by atoms with Gasteiger partial charge in [0.1, 0.15) is 6.29 Å². The fourth-order valence-corrected chi connectivity index (χ4v) is 2.84. The topological polar surface area (TPSA) is 130 Å². The van der Waals surface area contributed by atoms with Gasteiger partial charge < -0.3 is 10.4 Å². The van der Waals surface area contributed by atoms with Gasteiger partial charge in [-0.3, -0.25) is 24.6 Å². The van der Waals surface area contributed by atoms with Gasteiger partial charge in [0.2, 0.25) is 5.91 Å². The molecule has 1 aliphatic heterocycles. The lowest BCUT2D eigenvalue weighted by Gasteiger charge is -2.18. The van der Waals surface area contributed by atoms with Gasteiger partial charge in [0.25, 0.3) is 5.69 Å². The average Bonchev–Trinajstić information content (AvgIpc) is 3.15. The fourth-order valence-electron chi connectivity index (χ4n) is 2.84. The number of likely N-dealkylation sites (N-methyl/N-ethyl adjacent to an activating group) is 1. The van der Waals surface area contributed by atoms with Crippen molar-refractivity contribution < 1.29 is 24.4 Å². The summed E-state index contributed by atoms with van der Waals surface area (Å²) in [4.78, 5) is 44.4. The number of nitro groups is 1. The van der Waals surface area contributed by atoms with Crippen molar-refractivity contribution >= 4 is 29.5 Å². The van der Waals surface area contributed by atoms with Crippen LogP contribution in [0.5, 0.6) is 0 Å². The Morgan fingerprint density at radius 1 is 1.17 bits per heavy atom. The van der Waals surface area contributed by atoms with E-state index in [1.54, 1.807) is 12.1 Å². The number of aldehydes is 1. The lowest BCUT2D eigenvalue weighted by Crippen LogP contribution is -2.37. The minimum absolute atomic E-state index is 0.00407. The first-order valence-electron chi connectivity index (χ1n) is 8.86. The number of nitrogens with one attached hydrogen (secondary N) is 1. The third kappa shape index (κ3) is 6.22. The molecule has 9 heteroatoms. The van der Waals surface area contributed by atoms with Crippen molar-refractivity contribution in [3.05, 3.63) is 69.8 Å². The van der Waals surface area contributed by atoms with Gasteiger partial charge in [0.15, 0.2) is 0 Å². The van der Waals surface area contributed by atoms with E-state index in [0.29, 0.717) is 17.5 Å². The maximum atomic E-state index is 12.0. The molecule has 1 aliphatic rings. The van der Waals surface area contributed by atoms with E-state index in [9.17, 15) is 24.5 Å². The minimum atomic E-state index is -0.969. The highest BCUT2D eigenvalue weighted by molar-refractivity contribution is 5.95. The van der Waals surface area contributed by atoms with E-state index in [0.717, 1.165) is 19.4 Å². The smallest absolute Gasteiger partial charge is 0.335 e. The third-order valence-corrected chi connectivity index (χ3v) is 4.46. The van der Waals surface area contributed by atoms with Crippen LogP contribution in [0, 0.1) is 10.1 Å². The number of hydrogen-bond donors (Lipinski definition) is 2. The number of likely N-dealkylation sites (tertiary alicyclic amines) is 1. The molecular formula is C20H21N3O6. The van der Waals surface area contributed by atoms with Crippen molar-refractivity contribution in [1.29, 1.82) is 0 Å². The molecule has 3 rings (SSSR count). The Bertz CT molecular complexity index is 880. The molecule has 0 saturated carbocycles. The maximum absolute atomic E-state index is 12.0. The van der Waals surface area contributed by atoms with Gasteiger partial charge in [-0.1, -0.05) is 0 Å². The number of rotatable bonds is 5. The molecule has 152 valence electrons. The molecule has 1 unspecified atom stereocenters. The monoisotopic (exact) mass is 399 g/mol. The van der Waals surface area contributed by atoms with Crippen LogP contribution in [0.4, 0.5) is 11.4 Å². The molecule has 1 heterocycles. The second-order valence-corrected chi connectivity index (χ2v) is 6.48. The number of carbonyl (C=O) groups is 3. The van der Waals surface area contributed by atoms with E-state index in [2.05, 4.69) is 5.32 Å². The molecule has 0 aliphatic carbocycles. The summed E-state index contributed by atoms with van der Waals surface area (Å²) < 4.78 is 0. The van der Waals surface area contributed by atoms with Crippen LogP contribution in [0.2, 0.25) is 0 Å². The summed E-state index contributed by atoms with van der Waals surface area (Å²) in [6.45, 7) is 0.941. The van der Waals surface area contributed by atoms with Gasteiger partial charge in [-0.25, -0.2) is 4.79 Å². The molecule has 2 N–H and O–H groups in total. The van der Waals surface area contributed by atoms with Crippen molar-refractivity contribution in [1.82, 2.24) is 4.90 Å². The molecular weight excluding hydrogens is 378 g/mol. The highest BCUT2D eigenvalue weighted by Gasteiger charge is 2.27. The van der Waals surface area contributed by atoms with Crippen LogP contribution in [-0.4, -0.2) is 52.7 Å². The minimum Gasteiger partial charge on any atom is -0.478 e. The molecule has 0 bridgehead atoms. The number of carboxylic acids is 1. The van der Waals surface area contributed by atoms with Gasteiger partial charge in [-0.2, -0.15) is 0 Å². The molecule has 0 spiro atoms. The van der Waals surface area contributed by atoms with Gasteiger partial charge in [-0.15, -0.1) is 0 Å². The summed E-state index contributed by atoms with van der Waals surface area (Å²) >= 11 is 0. The van der Waals surface area contributed by atoms with Crippen LogP contribution in [0.3, 0.4) is 0 Å². The molecule has 1 amide bonds. The van der Waals surface area contributed by atoms with E-state index in [1.807, 2.05) is 11.9 Å². The van der Waals surface area contributed by atoms with Crippen LogP contribution in [0.1, 0.15) is 33.6 Å². The van der Waals surface area contributed by atoms with Gasteiger partial charge in [0, 0.05) is 23.4 Å². The lowest BCUT2D eigenvalue weighted by molar-refractivity contribution is -0.384. The Morgan fingerprint density at radius 3 is 2.24 bits per heavy atom. The number of nitro benzene ring substituents is 1. The van der Waals surface area contributed by atoms with Crippen molar-refractivity contribution in [2.45, 2.75) is 18.9 Å². The molecule has 29 heavy (non-hydrogen) atoms. The molecule has 1 fully saturated rings. The van der Waals surface area contributed by atoms with Crippen molar-refractivity contribution in [3.8, 4) is 0 Å². The summed E-state index contributed by atoms with van der Waals surface area (Å²) in [7, 11) is 1.94. The zero-order chi connectivity index (χ0) is 21.4. The fraction of sp³-hybridized carbons (Fsp3) is 0.250. The summed E-state index contributed by atoms with van der Waals surface area (Å²) in [5.74, 6) is -0.999. The molecule has 2 aromatic rings. The first-order chi connectivity index (χ1) is 13.8. The zero-order valence-corrected chi connectivity index (χ0v) is 15.8. The molecule has 1 saturated heterocycles. The van der Waals surface area contributed by atoms with Crippen molar-refractivity contribution in [2.75, 3.05) is 18.9 Å². The van der Waals surface area contributed by atoms with Crippen LogP contribution >= 0.6 is 0 Å². The Balaban J connectivity index is 0.000000234. The standard InChI is InChI=1S/C13H16N2O3.C7H5NO3/c1-15-8-2-3-11(15)12(16)14-10-6-4-9(5-7-10)13(17)18;9-5-6-1-3-7(4-2-6)8(10)11/h4-7,11H,2-3,8H2,1H3,(H,14,16)(H,17,18);1-5H. The van der Waals surface area contributed by atoms with Crippen LogP contribution < -0.4 is 5.32 Å². The Kier molecular flexibility index (Phi) is 7.55. The predicted molar refractivity (Wildman–Crippen MR) is 106 cm³/mol. The number of benzene rings is 2. The average molecular weight is 399 g/mol. The van der Waals surface area contributed by atoms with Crippen LogP contribution in [0.25, 0.3) is 0 Å². The number of anilines is 1. The van der Waals surface area contributed by atoms with Gasteiger partial charge in [0.05, 0.1) is 16.5 Å². The number of amides is 1. The van der Waals surface area contributed by atoms with E-state index in [4.69, 9.17) is 5.11 Å². The van der Waals surface area contributed by atoms with Crippen LogP contribution in [-0.2, 0) is 4.79 Å². The van der Waals surface area contributed by atoms with Crippen molar-refractivity contribution in [3.63, 3.8) is 0 Å². The highest BCUT2D eigenvalue weighted by atomic mass is 16.6. The highest BCUT2D eigenvalue weighted by Crippen LogP contribution is 2.17. The SMILES string of the molecule is CN1CCCC1C(=O)Nc1ccc(C(=O)O)cc1.O=Cc1ccc([N+](=O)[O-])cc1. The number of carbonyl (C=O) groups excluding carboxylic acids is 2. The van der Waals surface area contributed by atoms with Gasteiger partial charge in [-0.05, 0) is 62.8 Å². The molecule has 2 aromatic carbocycles. The van der Waals surface area contributed by atoms with E-state index < -0.39 is 10.9 Å². The summed E-state index contributed by atoms with van der Waals surface area (Å²) in [6.07, 6.45) is 2.55. The number of aromatic carboxylic acids is 1. The summed E-state index contributed by atoms with van der Waals surface area (Å²) in [5.41, 5.74) is 1.28. The Morgan fingerprint density at radius 2 is 1.79 bits per heavy atom. The number of carboxylic acid groups (broad SMARTS) is 1. The molecule has 1 atom stereocenters. The number of hydrogen-bond acceptors (Lipinski definition) is 6. The van der Waals surface area contributed by atoms with Crippen LogP contribution in [0.15, 0.2) is 48.5 Å². The normalized spacial score (nSPS) is 15.7. The van der Waals surface area contributed by atoms with E-state index in [-0.39, 0.29) is 23.2 Å². The van der Waals surface area contributed by atoms with E-state index in [1.165, 1.54) is 36.4 Å². The summed E-state index contributed by atoms with van der Waals surface area (Å²) in [5, 5.41) is 21.7. The lowest BCUT2D eigenvalue weighted by atomic mass is 10.2. The molecule has 0 aromatic heterocycles. The number of nitrogens with zero attached hydrogens (tertiary/aromatic N) is 2. The first-order valence-corrected chi connectivity index (χ1v) is 8.86. The second kappa shape index (κ2) is 10.1.